The Bertz CT molecular complexity index is 958. The molecule has 0 aliphatic rings. The molecule has 0 aliphatic carbocycles. The second-order valence-electron chi connectivity index (χ2n) is 9.85. The number of carbonyl (C=O) groups excluding carboxylic acids is 2. The highest BCUT2D eigenvalue weighted by molar-refractivity contribution is 5.97. The van der Waals surface area contributed by atoms with Gasteiger partial charge >= 0.3 is 0 Å². The van der Waals surface area contributed by atoms with Crippen LogP contribution in [-0.4, -0.2) is 34.9 Å². The smallest absolute Gasteiger partial charge is 0.257 e. The first-order valence-electron chi connectivity index (χ1n) is 13.9. The predicted molar refractivity (Wildman–Crippen MR) is 150 cm³/mol. The minimum absolute atomic E-state index is 0.00416. The maximum atomic E-state index is 13.6. The molecule has 2 aromatic rings. The monoisotopic (exact) mass is 494 g/mol. The second-order valence-corrected chi connectivity index (χ2v) is 9.85. The van der Waals surface area contributed by atoms with E-state index in [0.717, 1.165) is 74.8 Å². The van der Waals surface area contributed by atoms with E-state index in [9.17, 15) is 14.7 Å². The molecule has 0 radical (unpaired) electrons. The summed E-state index contributed by atoms with van der Waals surface area (Å²) < 4.78 is 0. The topological polar surface area (TPSA) is 69.6 Å². The van der Waals surface area contributed by atoms with E-state index in [2.05, 4.69) is 19.2 Å². The third-order valence-corrected chi connectivity index (χ3v) is 6.60. The summed E-state index contributed by atoms with van der Waals surface area (Å²) in [6, 6.07) is 11.6. The highest BCUT2D eigenvalue weighted by Crippen LogP contribution is 2.28. The zero-order valence-corrected chi connectivity index (χ0v) is 22.9. The summed E-state index contributed by atoms with van der Waals surface area (Å²) in [6.45, 7) is 9.65. The van der Waals surface area contributed by atoms with Crippen molar-refractivity contribution in [1.29, 1.82) is 0 Å². The fraction of sp³-hybridized carbons (Fsp3) is 0.548. The Morgan fingerprint density at radius 3 is 2.11 bits per heavy atom. The number of aryl methyl sites for hydroxylation is 1. The standard InChI is InChI=1S/C31H46N2O3/c1-5-8-10-14-19-33(20-15-11-9-6-2)31(36)27-23-25(21-24(4)30(27)35)22-26-17-12-13-18-28(26)32-29(34)16-7-3/h12-13,17-18,21,23,35H,5-11,14-16,19-20,22H2,1-4H3,(H,32,34). The van der Waals surface area contributed by atoms with Crippen molar-refractivity contribution >= 4 is 17.5 Å². The number of nitrogens with one attached hydrogen (secondary N) is 1. The molecule has 0 aromatic heterocycles. The molecule has 5 nitrogen and oxygen atoms in total. The van der Waals surface area contributed by atoms with Gasteiger partial charge in [-0.25, -0.2) is 0 Å². The Labute approximate surface area is 218 Å². The fourth-order valence-corrected chi connectivity index (χ4v) is 4.52. The SMILES string of the molecule is CCCCCCN(CCCCCC)C(=O)c1cc(Cc2ccccc2NC(=O)CCC)cc(C)c1O. The molecule has 36 heavy (non-hydrogen) atoms. The van der Waals surface area contributed by atoms with Crippen LogP contribution < -0.4 is 5.32 Å². The van der Waals surface area contributed by atoms with E-state index < -0.39 is 0 Å². The highest BCUT2D eigenvalue weighted by atomic mass is 16.3. The number of hydrogen-bond acceptors (Lipinski definition) is 3. The van der Waals surface area contributed by atoms with E-state index in [1.165, 1.54) is 12.8 Å². The van der Waals surface area contributed by atoms with E-state index in [0.29, 0.717) is 24.0 Å². The van der Waals surface area contributed by atoms with Gasteiger partial charge in [0, 0.05) is 25.2 Å². The van der Waals surface area contributed by atoms with E-state index in [1.807, 2.05) is 55.1 Å². The van der Waals surface area contributed by atoms with Crippen LogP contribution in [-0.2, 0) is 11.2 Å². The van der Waals surface area contributed by atoms with Crippen LogP contribution in [0.2, 0.25) is 0 Å². The lowest BCUT2D eigenvalue weighted by molar-refractivity contribution is -0.116. The molecule has 0 atom stereocenters. The molecule has 0 spiro atoms. The van der Waals surface area contributed by atoms with Crippen LogP contribution in [0, 0.1) is 6.92 Å². The lowest BCUT2D eigenvalue weighted by Crippen LogP contribution is -2.33. The number of carbonyl (C=O) groups is 2. The van der Waals surface area contributed by atoms with Crippen LogP contribution in [0.1, 0.15) is 112 Å². The van der Waals surface area contributed by atoms with Gasteiger partial charge < -0.3 is 15.3 Å². The van der Waals surface area contributed by atoms with E-state index in [4.69, 9.17) is 0 Å². The molecule has 0 saturated heterocycles. The van der Waals surface area contributed by atoms with Crippen molar-refractivity contribution < 1.29 is 14.7 Å². The van der Waals surface area contributed by atoms with Gasteiger partial charge in [-0.2, -0.15) is 0 Å². The van der Waals surface area contributed by atoms with Crippen LogP contribution >= 0.6 is 0 Å². The summed E-state index contributed by atoms with van der Waals surface area (Å²) in [5.74, 6) is -0.0140. The lowest BCUT2D eigenvalue weighted by atomic mass is 9.97. The number of benzene rings is 2. The van der Waals surface area contributed by atoms with Gasteiger partial charge in [0.2, 0.25) is 5.91 Å². The molecular weight excluding hydrogens is 448 g/mol. The summed E-state index contributed by atoms with van der Waals surface area (Å²) in [7, 11) is 0. The quantitative estimate of drug-likeness (QED) is 0.236. The fourth-order valence-electron chi connectivity index (χ4n) is 4.52. The third-order valence-electron chi connectivity index (χ3n) is 6.60. The van der Waals surface area contributed by atoms with Crippen LogP contribution in [0.3, 0.4) is 0 Å². The number of rotatable bonds is 16. The van der Waals surface area contributed by atoms with Crippen LogP contribution in [0.25, 0.3) is 0 Å². The highest BCUT2D eigenvalue weighted by Gasteiger charge is 2.21. The summed E-state index contributed by atoms with van der Waals surface area (Å²) >= 11 is 0. The van der Waals surface area contributed by atoms with Gasteiger partial charge in [-0.05, 0) is 61.4 Å². The van der Waals surface area contributed by atoms with E-state index in [-0.39, 0.29) is 17.6 Å². The zero-order chi connectivity index (χ0) is 26.3. The van der Waals surface area contributed by atoms with Gasteiger partial charge in [-0.3, -0.25) is 9.59 Å². The van der Waals surface area contributed by atoms with Crippen molar-refractivity contribution in [1.82, 2.24) is 4.90 Å². The first kappa shape index (κ1) is 29.4. The summed E-state index contributed by atoms with van der Waals surface area (Å²) in [5, 5.41) is 13.9. The Morgan fingerprint density at radius 2 is 1.50 bits per heavy atom. The van der Waals surface area contributed by atoms with Crippen LogP contribution in [0.5, 0.6) is 5.75 Å². The molecule has 2 rings (SSSR count). The summed E-state index contributed by atoms with van der Waals surface area (Å²) in [6.07, 6.45) is 10.7. The maximum Gasteiger partial charge on any atom is 0.257 e. The van der Waals surface area contributed by atoms with Crippen molar-refractivity contribution in [3.63, 3.8) is 0 Å². The Morgan fingerprint density at radius 1 is 0.861 bits per heavy atom. The number of unbranched alkanes of at least 4 members (excludes halogenated alkanes) is 6. The number of hydrogen-bond donors (Lipinski definition) is 2. The summed E-state index contributed by atoms with van der Waals surface area (Å²) in [5.41, 5.74) is 3.80. The molecule has 2 amide bonds. The molecule has 0 heterocycles. The lowest BCUT2D eigenvalue weighted by Gasteiger charge is -2.24. The van der Waals surface area contributed by atoms with Gasteiger partial charge in [0.25, 0.3) is 5.91 Å². The number of phenols is 1. The average Bonchev–Trinajstić information content (AvgIpc) is 2.86. The number of phenolic OH excluding ortho intramolecular Hbond substituents is 1. The van der Waals surface area contributed by atoms with Gasteiger partial charge in [0.1, 0.15) is 5.75 Å². The molecule has 2 N–H and O–H groups in total. The Hall–Kier alpha value is -2.82. The number of amides is 2. The normalized spacial score (nSPS) is 10.9. The van der Waals surface area contributed by atoms with E-state index >= 15 is 0 Å². The number of aromatic hydroxyl groups is 1. The second kappa shape index (κ2) is 16.0. The summed E-state index contributed by atoms with van der Waals surface area (Å²) in [4.78, 5) is 27.8. The molecule has 0 aliphatic heterocycles. The van der Waals surface area contributed by atoms with Crippen LogP contribution in [0.15, 0.2) is 36.4 Å². The molecule has 0 fully saturated rings. The molecule has 0 saturated carbocycles. The van der Waals surface area contributed by atoms with Gasteiger partial charge in [-0.15, -0.1) is 0 Å². The van der Waals surface area contributed by atoms with Crippen molar-refractivity contribution in [2.45, 2.75) is 98.3 Å². The Kier molecular flexibility index (Phi) is 13.1. The third kappa shape index (κ3) is 9.33. The predicted octanol–water partition coefficient (Wildman–Crippen LogP) is 7.63. The first-order chi connectivity index (χ1) is 17.4. The van der Waals surface area contributed by atoms with Crippen molar-refractivity contribution in [3.8, 4) is 5.75 Å². The van der Waals surface area contributed by atoms with Gasteiger partial charge in [0.05, 0.1) is 5.56 Å². The molecule has 0 bridgehead atoms. The minimum Gasteiger partial charge on any atom is -0.507 e. The maximum absolute atomic E-state index is 13.6. The molecule has 198 valence electrons. The Balaban J connectivity index is 2.27. The van der Waals surface area contributed by atoms with Crippen LogP contribution in [0.4, 0.5) is 5.69 Å². The van der Waals surface area contributed by atoms with Crippen molar-refractivity contribution in [2.75, 3.05) is 18.4 Å². The largest absolute Gasteiger partial charge is 0.507 e. The minimum atomic E-state index is -0.0880. The number of nitrogens with zero attached hydrogens (tertiary/aromatic N) is 1. The van der Waals surface area contributed by atoms with E-state index in [1.54, 1.807) is 0 Å². The van der Waals surface area contributed by atoms with Crippen molar-refractivity contribution in [2.24, 2.45) is 0 Å². The molecule has 0 unspecified atom stereocenters. The number of anilines is 1. The zero-order valence-electron chi connectivity index (χ0n) is 22.9. The molecular formula is C31H46N2O3. The molecule has 2 aromatic carbocycles. The van der Waals surface area contributed by atoms with Gasteiger partial charge in [-0.1, -0.05) is 83.6 Å². The number of para-hydroxylation sites is 1. The van der Waals surface area contributed by atoms with Gasteiger partial charge in [0.15, 0.2) is 0 Å². The molecule has 5 heteroatoms. The van der Waals surface area contributed by atoms with Crippen molar-refractivity contribution in [3.05, 3.63) is 58.7 Å². The first-order valence-corrected chi connectivity index (χ1v) is 13.9. The average molecular weight is 495 g/mol.